The summed E-state index contributed by atoms with van der Waals surface area (Å²) in [7, 11) is 0. The number of H-pyrrole nitrogens is 1. The summed E-state index contributed by atoms with van der Waals surface area (Å²) in [5.74, 6) is 1.75. The van der Waals surface area contributed by atoms with Crippen molar-refractivity contribution in [1.82, 2.24) is 25.3 Å². The minimum atomic E-state index is 0.535. The van der Waals surface area contributed by atoms with E-state index in [1.807, 2.05) is 12.3 Å². The Morgan fingerprint density at radius 1 is 1.03 bits per heavy atom. The number of pyridine rings is 1. The predicted octanol–water partition coefficient (Wildman–Crippen LogP) is 3.31. The second-order valence-corrected chi connectivity index (χ2v) is 8.61. The van der Waals surface area contributed by atoms with Gasteiger partial charge in [0.25, 0.3) is 0 Å². The van der Waals surface area contributed by atoms with Crippen LogP contribution in [0.5, 0.6) is 0 Å². The standard InChI is InChI=1S/C23H25N7/c1-2-17-5-8-25-19(17)11-16(1)12-27-20-13-26-18-3-4-21(29-22(18)28-20)30-9-6-23(7-10-30)14-24-15-23/h1-5,8,11,13,24-25H,6-7,9-10,12,14-15H2,(H,27,28,29). The van der Waals surface area contributed by atoms with Gasteiger partial charge in [0.2, 0.25) is 0 Å². The summed E-state index contributed by atoms with van der Waals surface area (Å²) < 4.78 is 0. The fraction of sp³-hybridized carbons (Fsp3) is 0.348. The van der Waals surface area contributed by atoms with Crippen LogP contribution in [-0.4, -0.2) is 46.1 Å². The molecule has 1 aromatic carbocycles. The van der Waals surface area contributed by atoms with E-state index in [1.165, 1.54) is 36.9 Å². The molecule has 1 spiro atoms. The number of nitrogens with one attached hydrogen (secondary N) is 3. The Labute approximate surface area is 174 Å². The first-order valence-electron chi connectivity index (χ1n) is 10.7. The second-order valence-electron chi connectivity index (χ2n) is 8.61. The molecule has 6 rings (SSSR count). The van der Waals surface area contributed by atoms with Gasteiger partial charge in [-0.3, -0.25) is 0 Å². The first-order chi connectivity index (χ1) is 14.8. The number of anilines is 2. The summed E-state index contributed by atoms with van der Waals surface area (Å²) in [5, 5.41) is 8.03. The van der Waals surface area contributed by atoms with Crippen LogP contribution in [0, 0.1) is 5.41 Å². The number of fused-ring (bicyclic) bond motifs is 2. The molecule has 0 aliphatic carbocycles. The average molecular weight is 400 g/mol. The Bertz CT molecular complexity index is 1200. The molecule has 2 saturated heterocycles. The predicted molar refractivity (Wildman–Crippen MR) is 120 cm³/mol. The molecule has 0 radical (unpaired) electrons. The molecule has 152 valence electrons. The molecule has 0 atom stereocenters. The number of aromatic nitrogens is 4. The van der Waals surface area contributed by atoms with Crippen molar-refractivity contribution in [2.24, 2.45) is 5.41 Å². The van der Waals surface area contributed by atoms with Crippen molar-refractivity contribution in [2.45, 2.75) is 19.4 Å². The van der Waals surface area contributed by atoms with Crippen molar-refractivity contribution >= 4 is 33.7 Å². The SMILES string of the molecule is c1cc2ccc(CNc3cnc4ccc(N5CCC6(CC5)CNC6)nc4n3)cc2[nH]1. The highest BCUT2D eigenvalue weighted by Gasteiger charge is 2.39. The molecule has 7 heteroatoms. The first-order valence-corrected chi connectivity index (χ1v) is 10.7. The third-order valence-corrected chi connectivity index (χ3v) is 6.63. The quantitative estimate of drug-likeness (QED) is 0.488. The fourth-order valence-corrected chi connectivity index (χ4v) is 4.59. The van der Waals surface area contributed by atoms with Crippen LogP contribution in [-0.2, 0) is 6.54 Å². The van der Waals surface area contributed by atoms with E-state index in [1.54, 1.807) is 6.20 Å². The Morgan fingerprint density at radius 3 is 2.77 bits per heavy atom. The van der Waals surface area contributed by atoms with Gasteiger partial charge in [-0.25, -0.2) is 15.0 Å². The third-order valence-electron chi connectivity index (χ3n) is 6.63. The highest BCUT2D eigenvalue weighted by atomic mass is 15.2. The number of aromatic amines is 1. The van der Waals surface area contributed by atoms with E-state index < -0.39 is 0 Å². The Hall–Kier alpha value is -3.19. The van der Waals surface area contributed by atoms with Crippen LogP contribution < -0.4 is 15.5 Å². The summed E-state index contributed by atoms with van der Waals surface area (Å²) >= 11 is 0. The van der Waals surface area contributed by atoms with E-state index in [4.69, 9.17) is 9.97 Å². The van der Waals surface area contributed by atoms with Gasteiger partial charge in [0.15, 0.2) is 5.65 Å². The monoisotopic (exact) mass is 399 g/mol. The fourth-order valence-electron chi connectivity index (χ4n) is 4.59. The summed E-state index contributed by atoms with van der Waals surface area (Å²) in [6.45, 7) is 5.16. The van der Waals surface area contributed by atoms with Crippen molar-refractivity contribution < 1.29 is 0 Å². The summed E-state index contributed by atoms with van der Waals surface area (Å²) in [4.78, 5) is 19.7. The molecule has 2 aliphatic heterocycles. The second kappa shape index (κ2) is 6.95. The Kier molecular flexibility index (Phi) is 4.09. The molecule has 4 aromatic rings. The molecular weight excluding hydrogens is 374 g/mol. The van der Waals surface area contributed by atoms with Gasteiger partial charge in [-0.05, 0) is 53.5 Å². The number of piperidine rings is 1. The number of hydrogen-bond donors (Lipinski definition) is 3. The van der Waals surface area contributed by atoms with Crippen molar-refractivity contribution in [3.63, 3.8) is 0 Å². The zero-order valence-electron chi connectivity index (χ0n) is 16.9. The van der Waals surface area contributed by atoms with Gasteiger partial charge in [0.1, 0.15) is 17.2 Å². The average Bonchev–Trinajstić information content (AvgIpc) is 3.24. The van der Waals surface area contributed by atoms with E-state index >= 15 is 0 Å². The van der Waals surface area contributed by atoms with Crippen LogP contribution in [0.1, 0.15) is 18.4 Å². The number of rotatable bonds is 4. The largest absolute Gasteiger partial charge is 0.365 e. The molecule has 0 saturated carbocycles. The summed E-state index contributed by atoms with van der Waals surface area (Å²) in [6.07, 6.45) is 6.21. The van der Waals surface area contributed by atoms with E-state index in [0.29, 0.717) is 17.6 Å². The van der Waals surface area contributed by atoms with Crippen molar-refractivity contribution in [3.05, 3.63) is 54.4 Å². The maximum Gasteiger partial charge on any atom is 0.182 e. The van der Waals surface area contributed by atoms with E-state index in [9.17, 15) is 0 Å². The molecule has 30 heavy (non-hydrogen) atoms. The van der Waals surface area contributed by atoms with Crippen LogP contribution in [0.2, 0.25) is 0 Å². The van der Waals surface area contributed by atoms with Gasteiger partial charge in [-0.15, -0.1) is 0 Å². The van der Waals surface area contributed by atoms with E-state index in [-0.39, 0.29) is 0 Å². The molecule has 5 heterocycles. The zero-order chi connectivity index (χ0) is 20.0. The molecule has 3 N–H and O–H groups in total. The first kappa shape index (κ1) is 17.7. The van der Waals surface area contributed by atoms with Gasteiger partial charge in [-0.1, -0.05) is 12.1 Å². The smallest absolute Gasteiger partial charge is 0.182 e. The Balaban J connectivity index is 1.18. The van der Waals surface area contributed by atoms with Crippen LogP contribution in [0.3, 0.4) is 0 Å². The van der Waals surface area contributed by atoms with E-state index in [2.05, 4.69) is 55.8 Å². The minimum Gasteiger partial charge on any atom is -0.365 e. The van der Waals surface area contributed by atoms with Crippen molar-refractivity contribution in [3.8, 4) is 0 Å². The minimum absolute atomic E-state index is 0.535. The highest BCUT2D eigenvalue weighted by molar-refractivity contribution is 5.80. The maximum absolute atomic E-state index is 4.83. The maximum atomic E-state index is 4.83. The molecular formula is C23H25N7. The Morgan fingerprint density at radius 2 is 1.93 bits per heavy atom. The van der Waals surface area contributed by atoms with Crippen LogP contribution in [0.25, 0.3) is 22.1 Å². The molecule has 2 fully saturated rings. The summed E-state index contributed by atoms with van der Waals surface area (Å²) in [6, 6.07) is 12.6. The van der Waals surface area contributed by atoms with Gasteiger partial charge < -0.3 is 20.5 Å². The lowest BCUT2D eigenvalue weighted by molar-refractivity contribution is 0.126. The molecule has 0 amide bonds. The number of hydrogen-bond acceptors (Lipinski definition) is 6. The molecule has 7 nitrogen and oxygen atoms in total. The zero-order valence-corrected chi connectivity index (χ0v) is 16.9. The van der Waals surface area contributed by atoms with Gasteiger partial charge in [0.05, 0.1) is 6.20 Å². The molecule has 0 unspecified atom stereocenters. The normalized spacial score (nSPS) is 18.1. The molecule has 3 aromatic heterocycles. The third kappa shape index (κ3) is 3.15. The lowest BCUT2D eigenvalue weighted by Crippen LogP contribution is -2.58. The molecule has 0 bridgehead atoms. The van der Waals surface area contributed by atoms with Crippen LogP contribution >= 0.6 is 0 Å². The van der Waals surface area contributed by atoms with Crippen molar-refractivity contribution in [2.75, 3.05) is 36.4 Å². The van der Waals surface area contributed by atoms with Gasteiger partial charge >= 0.3 is 0 Å². The van der Waals surface area contributed by atoms with E-state index in [0.717, 1.165) is 35.8 Å². The molecule has 2 aliphatic rings. The summed E-state index contributed by atoms with van der Waals surface area (Å²) in [5.41, 5.74) is 4.40. The van der Waals surface area contributed by atoms with Crippen molar-refractivity contribution in [1.29, 1.82) is 0 Å². The number of benzene rings is 1. The van der Waals surface area contributed by atoms with Crippen LogP contribution in [0.15, 0.2) is 48.8 Å². The lowest BCUT2D eigenvalue weighted by atomic mass is 9.73. The number of nitrogens with zero attached hydrogens (tertiary/aromatic N) is 4. The highest BCUT2D eigenvalue weighted by Crippen LogP contribution is 2.36. The lowest BCUT2D eigenvalue weighted by Gasteiger charge is -2.48. The van der Waals surface area contributed by atoms with Gasteiger partial charge in [-0.2, -0.15) is 0 Å². The topological polar surface area (TPSA) is 81.8 Å². The van der Waals surface area contributed by atoms with Crippen LogP contribution in [0.4, 0.5) is 11.6 Å². The van der Waals surface area contributed by atoms with Gasteiger partial charge in [0, 0.05) is 44.4 Å².